The van der Waals surface area contributed by atoms with Gasteiger partial charge in [-0.2, -0.15) is 0 Å². The molecule has 2 rings (SSSR count). The summed E-state index contributed by atoms with van der Waals surface area (Å²) in [4.78, 5) is 39.1. The van der Waals surface area contributed by atoms with Crippen LogP contribution in [0.15, 0.2) is 42.6 Å². The molecule has 130 valence electrons. The van der Waals surface area contributed by atoms with Crippen LogP contribution in [-0.2, 0) is 16.0 Å². The molecular formula is C17H15ClN2O5. The topological polar surface area (TPSA) is 106 Å². The van der Waals surface area contributed by atoms with Crippen LogP contribution >= 0.6 is 11.6 Å². The highest BCUT2D eigenvalue weighted by Crippen LogP contribution is 2.10. The van der Waals surface area contributed by atoms with E-state index in [0.29, 0.717) is 10.7 Å². The number of hydrogen-bond acceptors (Lipinski definition) is 5. The van der Waals surface area contributed by atoms with Gasteiger partial charge in [0.2, 0.25) is 0 Å². The van der Waals surface area contributed by atoms with E-state index in [9.17, 15) is 19.5 Å². The molecular weight excluding hydrogens is 348 g/mol. The molecule has 1 heterocycles. The number of rotatable bonds is 6. The number of pyridine rings is 1. The quantitative estimate of drug-likeness (QED) is 0.601. The van der Waals surface area contributed by atoms with Crippen molar-refractivity contribution in [1.29, 1.82) is 0 Å². The Morgan fingerprint density at radius 3 is 2.56 bits per heavy atom. The lowest BCUT2D eigenvalue weighted by molar-refractivity contribution is -0.139. The number of halogens is 1. The second kappa shape index (κ2) is 8.25. The van der Waals surface area contributed by atoms with Crippen LogP contribution in [0.25, 0.3) is 0 Å². The van der Waals surface area contributed by atoms with Gasteiger partial charge in [0.25, 0.3) is 5.91 Å². The Labute approximate surface area is 148 Å². The fourth-order valence-electron chi connectivity index (χ4n) is 2.11. The summed E-state index contributed by atoms with van der Waals surface area (Å²) in [6, 6.07) is 7.84. The molecule has 0 aliphatic rings. The van der Waals surface area contributed by atoms with Crippen LogP contribution in [0.2, 0.25) is 5.15 Å². The number of aliphatic carboxylic acids is 1. The molecule has 1 aromatic carbocycles. The van der Waals surface area contributed by atoms with E-state index in [0.717, 1.165) is 0 Å². The van der Waals surface area contributed by atoms with Crippen molar-refractivity contribution in [3.05, 3.63) is 64.4 Å². The Bertz CT molecular complexity index is 792. The van der Waals surface area contributed by atoms with Gasteiger partial charge in [0.1, 0.15) is 11.2 Å². The number of aromatic nitrogens is 1. The first-order valence-electron chi connectivity index (χ1n) is 7.23. The number of esters is 1. The van der Waals surface area contributed by atoms with Gasteiger partial charge < -0.3 is 15.2 Å². The van der Waals surface area contributed by atoms with E-state index in [4.69, 9.17) is 11.6 Å². The molecule has 0 aliphatic heterocycles. The van der Waals surface area contributed by atoms with E-state index in [1.807, 2.05) is 0 Å². The molecule has 0 saturated heterocycles. The summed E-state index contributed by atoms with van der Waals surface area (Å²) in [5.41, 5.74) is 0.965. The van der Waals surface area contributed by atoms with E-state index in [1.165, 1.54) is 43.6 Å². The summed E-state index contributed by atoms with van der Waals surface area (Å²) in [7, 11) is 1.23. The van der Waals surface area contributed by atoms with E-state index in [1.54, 1.807) is 6.07 Å². The zero-order valence-corrected chi connectivity index (χ0v) is 14.0. The third-order valence-corrected chi connectivity index (χ3v) is 3.60. The highest BCUT2D eigenvalue weighted by atomic mass is 35.5. The molecule has 2 aromatic rings. The van der Waals surface area contributed by atoms with Crippen LogP contribution in [0.5, 0.6) is 0 Å². The van der Waals surface area contributed by atoms with Gasteiger partial charge in [-0.15, -0.1) is 0 Å². The molecule has 8 heteroatoms. The summed E-state index contributed by atoms with van der Waals surface area (Å²) in [6.07, 6.45) is 1.49. The summed E-state index contributed by atoms with van der Waals surface area (Å²) >= 11 is 5.69. The number of ether oxygens (including phenoxy) is 1. The first-order chi connectivity index (χ1) is 11.9. The number of hydrogen-bond donors (Lipinski definition) is 2. The van der Waals surface area contributed by atoms with Gasteiger partial charge in [0, 0.05) is 18.2 Å². The highest BCUT2D eigenvalue weighted by molar-refractivity contribution is 6.29. The molecule has 25 heavy (non-hydrogen) atoms. The van der Waals surface area contributed by atoms with Crippen LogP contribution in [0, 0.1) is 0 Å². The Balaban J connectivity index is 2.13. The first-order valence-corrected chi connectivity index (χ1v) is 7.61. The van der Waals surface area contributed by atoms with Crippen LogP contribution in [0.1, 0.15) is 26.3 Å². The number of nitrogens with zero attached hydrogens (tertiary/aromatic N) is 1. The van der Waals surface area contributed by atoms with Crippen LogP contribution < -0.4 is 5.32 Å². The van der Waals surface area contributed by atoms with Gasteiger partial charge in [0.15, 0.2) is 0 Å². The van der Waals surface area contributed by atoms with Crippen molar-refractivity contribution in [2.45, 2.75) is 12.5 Å². The maximum Gasteiger partial charge on any atom is 0.337 e. The lowest BCUT2D eigenvalue weighted by Crippen LogP contribution is -2.42. The average Bonchev–Trinajstić information content (AvgIpc) is 2.62. The maximum absolute atomic E-state index is 12.3. The van der Waals surface area contributed by atoms with E-state index in [2.05, 4.69) is 15.0 Å². The summed E-state index contributed by atoms with van der Waals surface area (Å²) < 4.78 is 4.60. The van der Waals surface area contributed by atoms with E-state index in [-0.39, 0.29) is 17.5 Å². The summed E-state index contributed by atoms with van der Waals surface area (Å²) in [5.74, 6) is -2.39. The molecule has 0 aliphatic carbocycles. The number of carbonyl (C=O) groups is 3. The van der Waals surface area contributed by atoms with Crippen molar-refractivity contribution in [2.75, 3.05) is 7.11 Å². The van der Waals surface area contributed by atoms with Crippen LogP contribution in [0.3, 0.4) is 0 Å². The Morgan fingerprint density at radius 1 is 1.24 bits per heavy atom. The third kappa shape index (κ3) is 5.02. The third-order valence-electron chi connectivity index (χ3n) is 3.38. The average molecular weight is 363 g/mol. The lowest BCUT2D eigenvalue weighted by atomic mass is 10.1. The van der Waals surface area contributed by atoms with Crippen molar-refractivity contribution < 1.29 is 24.2 Å². The molecule has 0 bridgehead atoms. The molecule has 2 N–H and O–H groups in total. The molecule has 7 nitrogen and oxygen atoms in total. The Morgan fingerprint density at radius 2 is 1.96 bits per heavy atom. The Kier molecular flexibility index (Phi) is 6.08. The zero-order chi connectivity index (χ0) is 18.4. The van der Waals surface area contributed by atoms with Crippen LogP contribution in [0.4, 0.5) is 0 Å². The van der Waals surface area contributed by atoms with Crippen molar-refractivity contribution >= 4 is 29.4 Å². The zero-order valence-electron chi connectivity index (χ0n) is 13.2. The van der Waals surface area contributed by atoms with Gasteiger partial charge in [-0.25, -0.2) is 14.6 Å². The minimum Gasteiger partial charge on any atom is -0.480 e. The second-order valence-electron chi connectivity index (χ2n) is 5.13. The number of benzene rings is 1. The van der Waals surface area contributed by atoms with Crippen molar-refractivity contribution in [3.63, 3.8) is 0 Å². The number of nitrogens with one attached hydrogen (secondary N) is 1. The van der Waals surface area contributed by atoms with Gasteiger partial charge in [0.05, 0.1) is 12.7 Å². The number of methoxy groups -OCH3 is 1. The molecule has 1 atom stereocenters. The lowest BCUT2D eigenvalue weighted by Gasteiger charge is -2.15. The fourth-order valence-corrected chi connectivity index (χ4v) is 2.22. The summed E-state index contributed by atoms with van der Waals surface area (Å²) in [6.45, 7) is 0. The van der Waals surface area contributed by atoms with Crippen LogP contribution in [-0.4, -0.2) is 41.1 Å². The number of carboxylic acids is 1. The number of amides is 1. The summed E-state index contributed by atoms with van der Waals surface area (Å²) in [5, 5.41) is 12.1. The smallest absolute Gasteiger partial charge is 0.337 e. The van der Waals surface area contributed by atoms with Crippen molar-refractivity contribution in [2.24, 2.45) is 0 Å². The fraction of sp³-hybridized carbons (Fsp3) is 0.176. The molecule has 0 spiro atoms. The molecule has 1 amide bonds. The van der Waals surface area contributed by atoms with Crippen molar-refractivity contribution in [1.82, 2.24) is 10.3 Å². The molecule has 0 radical (unpaired) electrons. The predicted octanol–water partition coefficient (Wildman–Crippen LogP) is 1.95. The number of carbonyl (C=O) groups excluding carboxylic acids is 2. The van der Waals surface area contributed by atoms with Crippen molar-refractivity contribution in [3.8, 4) is 0 Å². The first kappa shape index (κ1) is 18.4. The minimum atomic E-state index is -1.19. The molecule has 0 unspecified atom stereocenters. The molecule has 0 saturated carbocycles. The van der Waals surface area contributed by atoms with Gasteiger partial charge in [-0.05, 0) is 29.8 Å². The van der Waals surface area contributed by atoms with Gasteiger partial charge >= 0.3 is 11.9 Å². The normalized spacial score (nSPS) is 11.4. The molecule has 1 aromatic heterocycles. The Hall–Kier alpha value is -2.93. The highest BCUT2D eigenvalue weighted by Gasteiger charge is 2.22. The molecule has 0 fully saturated rings. The standard InChI is InChI=1S/C17H15ClN2O5/c1-25-17(24)12-4-2-3-11(8-12)15(21)20-13(16(22)23)7-10-5-6-14(18)19-9-10/h2-6,8-9,13H,7H2,1H3,(H,20,21)(H,22,23)/t13-/m1/s1. The van der Waals surface area contributed by atoms with Gasteiger partial charge in [-0.1, -0.05) is 23.7 Å². The SMILES string of the molecule is COC(=O)c1cccc(C(=O)N[C@H](Cc2ccc(Cl)nc2)C(=O)O)c1. The van der Waals surface area contributed by atoms with Gasteiger partial charge in [-0.3, -0.25) is 4.79 Å². The van der Waals surface area contributed by atoms with E-state index < -0.39 is 23.9 Å². The monoisotopic (exact) mass is 362 g/mol. The largest absolute Gasteiger partial charge is 0.480 e. The predicted molar refractivity (Wildman–Crippen MR) is 89.6 cm³/mol. The second-order valence-corrected chi connectivity index (χ2v) is 5.52. The van der Waals surface area contributed by atoms with E-state index >= 15 is 0 Å². The minimum absolute atomic E-state index is 0.0436. The maximum atomic E-state index is 12.3. The number of carboxylic acid groups (broad SMARTS) is 1.